The molecule has 0 saturated carbocycles. The Bertz CT molecular complexity index is 1040. The van der Waals surface area contributed by atoms with Crippen molar-refractivity contribution >= 4 is 29.0 Å². The lowest BCUT2D eigenvalue weighted by atomic mass is 9.95. The Morgan fingerprint density at radius 1 is 1.13 bits per heavy atom. The highest BCUT2D eigenvalue weighted by Crippen LogP contribution is 2.36. The van der Waals surface area contributed by atoms with Gasteiger partial charge in [-0.15, -0.1) is 0 Å². The molecule has 1 amide bonds. The second-order valence-corrected chi connectivity index (χ2v) is 8.73. The van der Waals surface area contributed by atoms with Crippen LogP contribution in [0.4, 0.5) is 5.69 Å². The van der Waals surface area contributed by atoms with E-state index in [1.807, 2.05) is 24.3 Å². The number of nitrogens with zero attached hydrogens (tertiary/aromatic N) is 1. The number of hydrogen-bond acceptors (Lipinski definition) is 4. The minimum Gasteiger partial charge on any atom is -0.461 e. The summed E-state index contributed by atoms with van der Waals surface area (Å²) >= 11 is 0. The highest BCUT2D eigenvalue weighted by Gasteiger charge is 2.27. The average Bonchev–Trinajstić information content (AvgIpc) is 3.25. The van der Waals surface area contributed by atoms with Gasteiger partial charge in [0.15, 0.2) is 5.78 Å². The number of piperidine rings is 1. The lowest BCUT2D eigenvalue weighted by Gasteiger charge is -2.25. The molecule has 0 spiro atoms. The fraction of sp³-hybridized carbons (Fsp3) is 0.440. The molecule has 2 aliphatic heterocycles. The van der Waals surface area contributed by atoms with Gasteiger partial charge < -0.3 is 9.73 Å². The minimum absolute atomic E-state index is 0.114. The quantitative estimate of drug-likeness (QED) is 0.596. The number of ketones is 1. The van der Waals surface area contributed by atoms with E-state index in [1.54, 1.807) is 0 Å². The van der Waals surface area contributed by atoms with Crippen LogP contribution >= 0.6 is 0 Å². The fourth-order valence-corrected chi connectivity index (χ4v) is 4.93. The van der Waals surface area contributed by atoms with E-state index in [0.717, 1.165) is 73.5 Å². The van der Waals surface area contributed by atoms with Crippen molar-refractivity contribution in [3.8, 4) is 0 Å². The molecule has 3 aliphatic rings. The summed E-state index contributed by atoms with van der Waals surface area (Å²) in [7, 11) is 0. The number of Topliss-reactive ketones (excluding diaryl/α,β-unsaturated/α-hetero) is 1. The van der Waals surface area contributed by atoms with Gasteiger partial charge in [-0.05, 0) is 87.5 Å². The van der Waals surface area contributed by atoms with Crippen LogP contribution in [0, 0.1) is 6.92 Å². The van der Waals surface area contributed by atoms with Crippen molar-refractivity contribution in [2.24, 2.45) is 0 Å². The van der Waals surface area contributed by atoms with E-state index < -0.39 is 0 Å². The monoisotopic (exact) mass is 404 g/mol. The molecule has 1 N–H and O–H groups in total. The second kappa shape index (κ2) is 7.88. The number of rotatable bonds is 4. The molecule has 0 radical (unpaired) electrons. The highest BCUT2D eigenvalue weighted by molar-refractivity contribution is 6.35. The lowest BCUT2D eigenvalue weighted by Crippen LogP contribution is -2.34. The zero-order valence-electron chi connectivity index (χ0n) is 17.6. The van der Waals surface area contributed by atoms with E-state index in [9.17, 15) is 9.59 Å². The van der Waals surface area contributed by atoms with Crippen LogP contribution in [0.1, 0.15) is 70.7 Å². The lowest BCUT2D eigenvalue weighted by molar-refractivity contribution is -0.110. The van der Waals surface area contributed by atoms with Crippen LogP contribution in [0.3, 0.4) is 0 Å². The summed E-state index contributed by atoms with van der Waals surface area (Å²) in [4.78, 5) is 27.8. The maximum atomic E-state index is 12.9. The number of anilines is 1. The van der Waals surface area contributed by atoms with E-state index >= 15 is 0 Å². The predicted molar refractivity (Wildman–Crippen MR) is 118 cm³/mol. The van der Waals surface area contributed by atoms with Crippen LogP contribution in [0.5, 0.6) is 0 Å². The number of furan rings is 1. The first kappa shape index (κ1) is 19.3. The Kier molecular flexibility index (Phi) is 5.07. The van der Waals surface area contributed by atoms with Gasteiger partial charge in [-0.2, -0.15) is 0 Å². The Hall–Kier alpha value is -2.66. The Labute approximate surface area is 177 Å². The maximum Gasteiger partial charge on any atom is 0.256 e. The van der Waals surface area contributed by atoms with Gasteiger partial charge in [0.05, 0.1) is 12.1 Å². The van der Waals surface area contributed by atoms with Crippen molar-refractivity contribution in [2.45, 2.75) is 51.9 Å². The number of likely N-dealkylation sites (tertiary alicyclic amines) is 1. The number of fused-ring (bicyclic) bond motifs is 2. The van der Waals surface area contributed by atoms with E-state index in [-0.39, 0.29) is 11.7 Å². The van der Waals surface area contributed by atoms with E-state index in [1.165, 1.54) is 18.4 Å². The molecular formula is C25H28N2O3. The molecule has 5 nitrogen and oxygen atoms in total. The predicted octanol–water partition coefficient (Wildman–Crippen LogP) is 4.63. The number of carbonyl (C=O) groups excluding carboxylic acids is 2. The minimum atomic E-state index is -0.139. The third kappa shape index (κ3) is 3.52. The third-order valence-corrected chi connectivity index (χ3v) is 6.69. The summed E-state index contributed by atoms with van der Waals surface area (Å²) in [5.74, 6) is 1.81. The zero-order chi connectivity index (χ0) is 20.7. The second-order valence-electron chi connectivity index (χ2n) is 8.73. The Morgan fingerprint density at radius 2 is 1.93 bits per heavy atom. The number of nitrogens with one attached hydrogen (secondary N) is 1. The summed E-state index contributed by atoms with van der Waals surface area (Å²) in [5.41, 5.74) is 5.23. The highest BCUT2D eigenvalue weighted by atomic mass is 16.3. The van der Waals surface area contributed by atoms with E-state index in [0.29, 0.717) is 17.7 Å². The molecule has 5 heteroatoms. The van der Waals surface area contributed by atoms with E-state index in [4.69, 9.17) is 4.42 Å². The zero-order valence-corrected chi connectivity index (χ0v) is 17.6. The first-order valence-corrected chi connectivity index (χ1v) is 11.1. The van der Waals surface area contributed by atoms with Gasteiger partial charge in [-0.1, -0.05) is 6.42 Å². The number of amides is 1. The van der Waals surface area contributed by atoms with Crippen LogP contribution in [-0.4, -0.2) is 36.2 Å². The summed E-state index contributed by atoms with van der Waals surface area (Å²) in [6.45, 7) is 4.50. The summed E-state index contributed by atoms with van der Waals surface area (Å²) in [6, 6.07) is 5.53. The molecule has 0 bridgehead atoms. The SMILES string of the molecule is Cc1c(C=C2C(=O)Nc3ccc(C(=O)CN4CCCCC4)cc32)oc2c1CCCC2. The molecule has 30 heavy (non-hydrogen) atoms. The molecule has 5 rings (SSSR count). The van der Waals surface area contributed by atoms with Crippen molar-refractivity contribution in [1.29, 1.82) is 0 Å². The molecular weight excluding hydrogens is 376 g/mol. The molecule has 1 saturated heterocycles. The maximum absolute atomic E-state index is 12.9. The number of hydrogen-bond donors (Lipinski definition) is 1. The molecule has 1 aromatic carbocycles. The first-order valence-electron chi connectivity index (χ1n) is 11.1. The summed E-state index contributed by atoms with van der Waals surface area (Å²) in [6.07, 6.45) is 9.79. The molecule has 1 aliphatic carbocycles. The van der Waals surface area contributed by atoms with Gasteiger partial charge in [-0.25, -0.2) is 0 Å². The topological polar surface area (TPSA) is 62.6 Å². The van der Waals surface area contributed by atoms with Crippen molar-refractivity contribution in [3.63, 3.8) is 0 Å². The summed E-state index contributed by atoms with van der Waals surface area (Å²) < 4.78 is 6.11. The van der Waals surface area contributed by atoms with Crippen LogP contribution < -0.4 is 5.32 Å². The molecule has 156 valence electrons. The Balaban J connectivity index is 1.45. The van der Waals surface area contributed by atoms with Crippen molar-refractivity contribution < 1.29 is 14.0 Å². The smallest absolute Gasteiger partial charge is 0.256 e. The molecule has 0 atom stereocenters. The molecule has 0 unspecified atom stereocenters. The van der Waals surface area contributed by atoms with Crippen molar-refractivity contribution in [1.82, 2.24) is 4.90 Å². The van der Waals surface area contributed by atoms with Gasteiger partial charge in [0, 0.05) is 23.2 Å². The Morgan fingerprint density at radius 3 is 2.73 bits per heavy atom. The fourth-order valence-electron chi connectivity index (χ4n) is 4.93. The summed E-state index contributed by atoms with van der Waals surface area (Å²) in [5, 5.41) is 2.93. The first-order chi connectivity index (χ1) is 14.6. The average molecular weight is 405 g/mol. The van der Waals surface area contributed by atoms with Crippen LogP contribution in [0.25, 0.3) is 11.6 Å². The molecule has 2 aromatic rings. The van der Waals surface area contributed by atoms with Gasteiger partial charge in [-0.3, -0.25) is 14.5 Å². The van der Waals surface area contributed by atoms with Gasteiger partial charge in [0.2, 0.25) is 0 Å². The molecule has 1 fully saturated rings. The van der Waals surface area contributed by atoms with Crippen LogP contribution in [0.2, 0.25) is 0 Å². The van der Waals surface area contributed by atoms with Gasteiger partial charge in [0.25, 0.3) is 5.91 Å². The van der Waals surface area contributed by atoms with Crippen molar-refractivity contribution in [2.75, 3.05) is 25.0 Å². The number of benzene rings is 1. The standard InChI is InChI=1S/C25H28N2O3/c1-16-18-7-3-4-8-23(18)30-24(16)14-20-19-13-17(9-10-21(19)26-25(20)29)22(28)15-27-11-5-2-6-12-27/h9-10,13-14H,2-8,11-12,15H2,1H3,(H,26,29). The third-order valence-electron chi connectivity index (χ3n) is 6.69. The number of aryl methyl sites for hydroxylation is 1. The molecule has 1 aromatic heterocycles. The largest absolute Gasteiger partial charge is 0.461 e. The number of carbonyl (C=O) groups is 2. The van der Waals surface area contributed by atoms with Crippen LogP contribution in [0.15, 0.2) is 22.6 Å². The van der Waals surface area contributed by atoms with E-state index in [2.05, 4.69) is 17.1 Å². The van der Waals surface area contributed by atoms with Crippen LogP contribution in [-0.2, 0) is 17.6 Å². The normalized spacial score (nSPS) is 20.2. The van der Waals surface area contributed by atoms with Crippen molar-refractivity contribution in [3.05, 3.63) is 52.0 Å². The van der Waals surface area contributed by atoms with Gasteiger partial charge in [0.1, 0.15) is 11.5 Å². The van der Waals surface area contributed by atoms with Gasteiger partial charge >= 0.3 is 0 Å². The molecule has 3 heterocycles.